The van der Waals surface area contributed by atoms with Gasteiger partial charge in [-0.3, -0.25) is 4.79 Å². The third-order valence-corrected chi connectivity index (χ3v) is 3.11. The fraction of sp³-hybridized carbons (Fsp3) is 0.133. The van der Waals surface area contributed by atoms with Crippen LogP contribution in [0.25, 0.3) is 0 Å². The number of carbonyl (C=O) groups is 1. The minimum Gasteiger partial charge on any atom is -0.488 e. The third kappa shape index (κ3) is 3.76. The Hall–Kier alpha value is -2.01. The van der Waals surface area contributed by atoms with Gasteiger partial charge in [0.2, 0.25) is 0 Å². The quantitative estimate of drug-likeness (QED) is 0.761. The van der Waals surface area contributed by atoms with Gasteiger partial charge in [-0.25, -0.2) is 0 Å². The van der Waals surface area contributed by atoms with Gasteiger partial charge >= 0.3 is 6.18 Å². The van der Waals surface area contributed by atoms with E-state index in [4.69, 9.17) is 16.3 Å². The molecule has 110 valence electrons. The fourth-order valence-corrected chi connectivity index (χ4v) is 1.97. The summed E-state index contributed by atoms with van der Waals surface area (Å²) in [7, 11) is 0. The van der Waals surface area contributed by atoms with Crippen molar-refractivity contribution in [3.05, 3.63) is 64.2 Å². The molecule has 0 saturated carbocycles. The highest BCUT2D eigenvalue weighted by molar-refractivity contribution is 6.33. The van der Waals surface area contributed by atoms with Gasteiger partial charge in [-0.05, 0) is 29.8 Å². The van der Waals surface area contributed by atoms with E-state index in [1.54, 1.807) is 6.07 Å². The molecule has 0 heterocycles. The number of alkyl halides is 3. The Labute approximate surface area is 124 Å². The van der Waals surface area contributed by atoms with Crippen LogP contribution in [0.3, 0.4) is 0 Å². The van der Waals surface area contributed by atoms with E-state index in [-0.39, 0.29) is 22.9 Å². The largest absolute Gasteiger partial charge is 0.488 e. The maximum atomic E-state index is 12.6. The lowest BCUT2D eigenvalue weighted by atomic mass is 10.1. The molecule has 0 aliphatic heterocycles. The molecule has 21 heavy (non-hydrogen) atoms. The van der Waals surface area contributed by atoms with Gasteiger partial charge in [0.25, 0.3) is 0 Å². The lowest BCUT2D eigenvalue weighted by molar-refractivity contribution is -0.137. The lowest BCUT2D eigenvalue weighted by Gasteiger charge is -2.11. The van der Waals surface area contributed by atoms with Crippen molar-refractivity contribution in [2.45, 2.75) is 12.8 Å². The van der Waals surface area contributed by atoms with Crippen LogP contribution in [-0.2, 0) is 12.8 Å². The number of aldehydes is 1. The summed E-state index contributed by atoms with van der Waals surface area (Å²) >= 11 is 5.84. The minimum atomic E-state index is -4.40. The molecule has 0 aliphatic carbocycles. The molecule has 0 bridgehead atoms. The SMILES string of the molecule is O=Cc1c(Cl)cccc1OCc1cccc(C(F)(F)F)c1. The summed E-state index contributed by atoms with van der Waals surface area (Å²) in [6.07, 6.45) is -3.86. The van der Waals surface area contributed by atoms with Crippen LogP contribution in [0.1, 0.15) is 21.5 Å². The van der Waals surface area contributed by atoms with Crippen LogP contribution in [0.5, 0.6) is 5.75 Å². The molecule has 0 aromatic heterocycles. The van der Waals surface area contributed by atoms with Crippen LogP contribution in [0.4, 0.5) is 13.2 Å². The highest BCUT2D eigenvalue weighted by Crippen LogP contribution is 2.30. The second-order valence-electron chi connectivity index (χ2n) is 4.26. The molecule has 0 aliphatic rings. The number of hydrogen-bond acceptors (Lipinski definition) is 2. The zero-order valence-corrected chi connectivity index (χ0v) is 11.4. The van der Waals surface area contributed by atoms with Gasteiger partial charge in [0.05, 0.1) is 16.1 Å². The molecule has 2 aromatic rings. The Kier molecular flexibility index (Phi) is 4.53. The first-order valence-electron chi connectivity index (χ1n) is 5.94. The van der Waals surface area contributed by atoms with E-state index in [2.05, 4.69) is 0 Å². The molecule has 0 unspecified atom stereocenters. The fourth-order valence-electron chi connectivity index (χ4n) is 1.76. The van der Waals surface area contributed by atoms with Crippen LogP contribution in [0.15, 0.2) is 42.5 Å². The molecule has 0 spiro atoms. The topological polar surface area (TPSA) is 26.3 Å². The number of hydrogen-bond donors (Lipinski definition) is 0. The van der Waals surface area contributed by atoms with Crippen LogP contribution >= 0.6 is 11.6 Å². The number of carbonyl (C=O) groups excluding carboxylic acids is 1. The monoisotopic (exact) mass is 314 g/mol. The van der Waals surface area contributed by atoms with Crippen LogP contribution in [0, 0.1) is 0 Å². The molecular weight excluding hydrogens is 305 g/mol. The zero-order valence-electron chi connectivity index (χ0n) is 10.7. The normalized spacial score (nSPS) is 11.2. The summed E-state index contributed by atoms with van der Waals surface area (Å²) in [6, 6.07) is 9.47. The number of halogens is 4. The van der Waals surface area contributed by atoms with Crippen molar-refractivity contribution < 1.29 is 22.7 Å². The molecule has 0 N–H and O–H groups in total. The van der Waals surface area contributed by atoms with E-state index >= 15 is 0 Å². The van der Waals surface area contributed by atoms with E-state index in [1.165, 1.54) is 24.3 Å². The summed E-state index contributed by atoms with van der Waals surface area (Å²) in [5.41, 5.74) is -0.224. The molecule has 0 amide bonds. The van der Waals surface area contributed by atoms with E-state index in [9.17, 15) is 18.0 Å². The number of ether oxygens (including phenoxy) is 1. The predicted octanol–water partition coefficient (Wildman–Crippen LogP) is 4.75. The van der Waals surface area contributed by atoms with Crippen molar-refractivity contribution in [1.82, 2.24) is 0 Å². The average molecular weight is 315 g/mol. The van der Waals surface area contributed by atoms with E-state index < -0.39 is 11.7 Å². The Morgan fingerprint density at radius 3 is 2.52 bits per heavy atom. The molecule has 0 fully saturated rings. The van der Waals surface area contributed by atoms with E-state index in [0.29, 0.717) is 11.8 Å². The first-order valence-corrected chi connectivity index (χ1v) is 6.32. The average Bonchev–Trinajstić information content (AvgIpc) is 2.44. The van der Waals surface area contributed by atoms with Crippen molar-refractivity contribution in [3.8, 4) is 5.75 Å². The molecular formula is C15H10ClF3O2. The Morgan fingerprint density at radius 2 is 1.86 bits per heavy atom. The molecule has 2 aromatic carbocycles. The first-order chi connectivity index (χ1) is 9.91. The van der Waals surface area contributed by atoms with Crippen molar-refractivity contribution in [3.63, 3.8) is 0 Å². The summed E-state index contributed by atoms with van der Waals surface area (Å²) in [5, 5.41) is 0.228. The predicted molar refractivity (Wildman–Crippen MR) is 72.6 cm³/mol. The smallest absolute Gasteiger partial charge is 0.416 e. The van der Waals surface area contributed by atoms with E-state index in [0.717, 1.165) is 12.1 Å². The van der Waals surface area contributed by atoms with Gasteiger partial charge < -0.3 is 4.74 Å². The van der Waals surface area contributed by atoms with Crippen LogP contribution in [-0.4, -0.2) is 6.29 Å². The first kappa shape index (κ1) is 15.4. The summed E-state index contributed by atoms with van der Waals surface area (Å²) in [6.45, 7) is -0.0922. The van der Waals surface area contributed by atoms with Gasteiger partial charge in [0.15, 0.2) is 6.29 Å². The van der Waals surface area contributed by atoms with Crippen molar-refractivity contribution in [2.24, 2.45) is 0 Å². The van der Waals surface area contributed by atoms with Gasteiger partial charge in [-0.2, -0.15) is 13.2 Å². The van der Waals surface area contributed by atoms with Gasteiger partial charge in [0, 0.05) is 0 Å². The van der Waals surface area contributed by atoms with Crippen LogP contribution < -0.4 is 4.74 Å². The molecule has 2 nitrogen and oxygen atoms in total. The summed E-state index contributed by atoms with van der Waals surface area (Å²) in [4.78, 5) is 10.9. The third-order valence-electron chi connectivity index (χ3n) is 2.78. The maximum absolute atomic E-state index is 12.6. The standard InChI is InChI=1S/C15H10ClF3O2/c16-13-5-2-6-14(12(13)8-20)21-9-10-3-1-4-11(7-10)15(17,18)19/h1-8H,9H2. The van der Waals surface area contributed by atoms with E-state index in [1.807, 2.05) is 0 Å². The second-order valence-corrected chi connectivity index (χ2v) is 4.66. The molecule has 0 atom stereocenters. The lowest BCUT2D eigenvalue weighted by Crippen LogP contribution is -2.06. The highest BCUT2D eigenvalue weighted by Gasteiger charge is 2.30. The highest BCUT2D eigenvalue weighted by atomic mass is 35.5. The summed E-state index contributed by atoms with van der Waals surface area (Å²) in [5.74, 6) is 0.231. The second kappa shape index (κ2) is 6.18. The minimum absolute atomic E-state index is 0.0922. The molecule has 0 radical (unpaired) electrons. The van der Waals surface area contributed by atoms with Crippen molar-refractivity contribution in [2.75, 3.05) is 0 Å². The Balaban J connectivity index is 2.18. The van der Waals surface area contributed by atoms with Gasteiger partial charge in [-0.1, -0.05) is 29.8 Å². The Bertz CT molecular complexity index is 654. The Morgan fingerprint density at radius 1 is 1.14 bits per heavy atom. The number of benzene rings is 2. The molecule has 0 saturated heterocycles. The molecule has 6 heteroatoms. The summed E-state index contributed by atoms with van der Waals surface area (Å²) < 4.78 is 43.2. The van der Waals surface area contributed by atoms with Crippen molar-refractivity contribution in [1.29, 1.82) is 0 Å². The van der Waals surface area contributed by atoms with Crippen LogP contribution in [0.2, 0.25) is 5.02 Å². The number of rotatable bonds is 4. The molecule has 2 rings (SSSR count). The van der Waals surface area contributed by atoms with Gasteiger partial charge in [0.1, 0.15) is 12.4 Å². The van der Waals surface area contributed by atoms with Gasteiger partial charge in [-0.15, -0.1) is 0 Å². The zero-order chi connectivity index (χ0) is 15.5. The maximum Gasteiger partial charge on any atom is 0.416 e. The van der Waals surface area contributed by atoms with Crippen molar-refractivity contribution >= 4 is 17.9 Å².